The van der Waals surface area contributed by atoms with Crippen LogP contribution in [0.1, 0.15) is 15.9 Å². The standard InChI is InChI=1S/C28H22Cl2NOP/c1-21-17-19-22(20-18-21)27(32)31-28(26(29)30)33(23-11-5-2-6-12-23,24-13-7-3-8-14-24)25-15-9-4-10-16-25/h2-20H,1H3/p+1. The maximum atomic E-state index is 13.4. The van der Waals surface area contributed by atoms with Gasteiger partial charge in [-0.15, -0.1) is 0 Å². The average Bonchev–Trinajstić information content (AvgIpc) is 2.86. The zero-order chi connectivity index (χ0) is 23.3. The van der Waals surface area contributed by atoms with Gasteiger partial charge in [0.1, 0.15) is 15.9 Å². The molecule has 0 heterocycles. The number of halogens is 2. The van der Waals surface area contributed by atoms with Crippen LogP contribution in [-0.4, -0.2) is 5.91 Å². The van der Waals surface area contributed by atoms with Crippen molar-refractivity contribution < 1.29 is 4.79 Å². The summed E-state index contributed by atoms with van der Waals surface area (Å²) in [5.74, 6) is -0.254. The Morgan fingerprint density at radius 1 is 0.636 bits per heavy atom. The van der Waals surface area contributed by atoms with Crippen LogP contribution in [0.5, 0.6) is 0 Å². The second kappa shape index (κ2) is 10.4. The Hall–Kier alpha value is -2.90. The molecule has 0 spiro atoms. The monoisotopic (exact) mass is 490 g/mol. The number of rotatable bonds is 6. The summed E-state index contributed by atoms with van der Waals surface area (Å²) >= 11 is 13.2. The van der Waals surface area contributed by atoms with Crippen LogP contribution in [0.15, 0.2) is 125 Å². The Bertz CT molecular complexity index is 1160. The van der Waals surface area contributed by atoms with Crippen molar-refractivity contribution in [2.45, 2.75) is 6.92 Å². The number of hydrogen-bond acceptors (Lipinski definition) is 1. The molecule has 0 aromatic heterocycles. The van der Waals surface area contributed by atoms with Crippen LogP contribution in [0.3, 0.4) is 0 Å². The zero-order valence-electron chi connectivity index (χ0n) is 18.1. The summed E-state index contributed by atoms with van der Waals surface area (Å²) in [5, 5.41) is 6.24. The zero-order valence-corrected chi connectivity index (χ0v) is 20.5. The fraction of sp³-hybridized carbons (Fsp3) is 0.0357. The molecular formula is C28H23Cl2NOP+. The lowest BCUT2D eigenvalue weighted by Crippen LogP contribution is -2.38. The molecule has 0 radical (unpaired) electrons. The molecule has 4 aromatic carbocycles. The summed E-state index contributed by atoms with van der Waals surface area (Å²) in [7, 11) is -2.62. The summed E-state index contributed by atoms with van der Waals surface area (Å²) < 4.78 is 0.0420. The van der Waals surface area contributed by atoms with E-state index in [4.69, 9.17) is 23.2 Å². The van der Waals surface area contributed by atoms with Gasteiger partial charge in [0.2, 0.25) is 5.44 Å². The van der Waals surface area contributed by atoms with Crippen molar-refractivity contribution in [1.29, 1.82) is 0 Å². The van der Waals surface area contributed by atoms with E-state index in [1.807, 2.05) is 73.7 Å². The van der Waals surface area contributed by atoms with Gasteiger partial charge >= 0.3 is 0 Å². The van der Waals surface area contributed by atoms with E-state index in [1.54, 1.807) is 12.1 Å². The Kier molecular flexibility index (Phi) is 7.30. The first-order valence-electron chi connectivity index (χ1n) is 10.5. The van der Waals surface area contributed by atoms with Gasteiger partial charge in [-0.2, -0.15) is 0 Å². The first-order chi connectivity index (χ1) is 16.0. The van der Waals surface area contributed by atoms with Gasteiger partial charge in [0, 0.05) is 5.56 Å². The Morgan fingerprint density at radius 3 is 1.39 bits per heavy atom. The van der Waals surface area contributed by atoms with Crippen molar-refractivity contribution in [1.82, 2.24) is 5.32 Å². The molecule has 0 aliphatic carbocycles. The van der Waals surface area contributed by atoms with Gasteiger partial charge in [-0.05, 0) is 55.5 Å². The van der Waals surface area contributed by atoms with Crippen molar-refractivity contribution >= 4 is 52.3 Å². The van der Waals surface area contributed by atoms with Crippen molar-refractivity contribution in [2.24, 2.45) is 0 Å². The second-order valence-corrected chi connectivity index (χ2v) is 11.9. The van der Waals surface area contributed by atoms with Gasteiger partial charge in [-0.25, -0.2) is 0 Å². The van der Waals surface area contributed by atoms with E-state index in [2.05, 4.69) is 41.7 Å². The molecule has 164 valence electrons. The molecule has 1 amide bonds. The summed E-state index contributed by atoms with van der Waals surface area (Å²) in [6.45, 7) is 1.99. The number of carbonyl (C=O) groups is 1. The third-order valence-electron chi connectivity index (χ3n) is 5.49. The highest BCUT2D eigenvalue weighted by Crippen LogP contribution is 2.63. The van der Waals surface area contributed by atoms with E-state index in [0.29, 0.717) is 11.0 Å². The SMILES string of the molecule is Cc1ccc(C(=O)NC(=C(Cl)Cl)[P+](c2ccccc2)(c2ccccc2)c2ccccc2)cc1. The number of nitrogens with one attached hydrogen (secondary N) is 1. The molecule has 2 nitrogen and oxygen atoms in total. The Balaban J connectivity index is 1.99. The third-order valence-corrected chi connectivity index (χ3v) is 10.4. The maximum absolute atomic E-state index is 13.4. The van der Waals surface area contributed by atoms with Gasteiger partial charge in [0.15, 0.2) is 11.8 Å². The van der Waals surface area contributed by atoms with E-state index in [1.165, 1.54) is 0 Å². The lowest BCUT2D eigenvalue weighted by atomic mass is 10.1. The molecule has 0 unspecified atom stereocenters. The number of hydrogen-bond donors (Lipinski definition) is 1. The summed E-state index contributed by atoms with van der Waals surface area (Å²) in [6.07, 6.45) is 0. The van der Waals surface area contributed by atoms with Gasteiger partial charge in [-0.3, -0.25) is 10.1 Å². The number of aryl methyl sites for hydroxylation is 1. The number of benzene rings is 4. The quantitative estimate of drug-likeness (QED) is 0.314. The molecule has 0 fully saturated rings. The van der Waals surface area contributed by atoms with Gasteiger partial charge in [0.05, 0.1) is 0 Å². The van der Waals surface area contributed by atoms with E-state index < -0.39 is 7.26 Å². The van der Waals surface area contributed by atoms with Crippen LogP contribution < -0.4 is 21.2 Å². The van der Waals surface area contributed by atoms with Crippen LogP contribution >= 0.6 is 30.5 Å². The highest BCUT2D eigenvalue weighted by atomic mass is 35.5. The predicted octanol–water partition coefficient (Wildman–Crippen LogP) is 6.32. The van der Waals surface area contributed by atoms with Crippen molar-refractivity contribution in [3.63, 3.8) is 0 Å². The normalized spacial score (nSPS) is 11.0. The fourth-order valence-corrected chi connectivity index (χ4v) is 8.84. The van der Waals surface area contributed by atoms with Crippen LogP contribution in [0.25, 0.3) is 0 Å². The number of carbonyl (C=O) groups excluding carboxylic acids is 1. The minimum atomic E-state index is -2.62. The van der Waals surface area contributed by atoms with Gasteiger partial charge < -0.3 is 0 Å². The molecule has 5 heteroatoms. The maximum Gasteiger partial charge on any atom is 0.258 e. The minimum absolute atomic E-state index is 0.0420. The highest BCUT2D eigenvalue weighted by Gasteiger charge is 2.52. The molecule has 4 aromatic rings. The topological polar surface area (TPSA) is 29.1 Å². The summed E-state index contributed by atoms with van der Waals surface area (Å²) in [4.78, 5) is 13.4. The van der Waals surface area contributed by atoms with Crippen LogP contribution in [-0.2, 0) is 0 Å². The summed E-state index contributed by atoms with van der Waals surface area (Å²) in [6, 6.07) is 37.8. The van der Waals surface area contributed by atoms with Crippen LogP contribution in [0.2, 0.25) is 0 Å². The molecule has 0 aliphatic rings. The largest absolute Gasteiger partial charge is 0.290 e. The lowest BCUT2D eigenvalue weighted by Gasteiger charge is -2.29. The van der Waals surface area contributed by atoms with E-state index in [-0.39, 0.29) is 10.4 Å². The van der Waals surface area contributed by atoms with E-state index in [9.17, 15) is 4.79 Å². The third kappa shape index (κ3) is 4.75. The minimum Gasteiger partial charge on any atom is -0.290 e. The van der Waals surface area contributed by atoms with Gasteiger partial charge in [0.25, 0.3) is 5.91 Å². The Morgan fingerprint density at radius 2 is 1.03 bits per heavy atom. The van der Waals surface area contributed by atoms with Crippen molar-refractivity contribution in [3.8, 4) is 0 Å². The van der Waals surface area contributed by atoms with Crippen LogP contribution in [0, 0.1) is 6.92 Å². The average molecular weight is 491 g/mol. The first-order valence-corrected chi connectivity index (χ1v) is 13.1. The van der Waals surface area contributed by atoms with E-state index in [0.717, 1.165) is 21.5 Å². The van der Waals surface area contributed by atoms with Gasteiger partial charge in [-0.1, -0.05) is 95.5 Å². The molecule has 33 heavy (non-hydrogen) atoms. The summed E-state index contributed by atoms with van der Waals surface area (Å²) in [5.41, 5.74) is 2.14. The van der Waals surface area contributed by atoms with E-state index >= 15 is 0 Å². The number of amides is 1. The molecule has 0 bridgehead atoms. The lowest BCUT2D eigenvalue weighted by molar-refractivity contribution is 0.0968. The smallest absolute Gasteiger partial charge is 0.258 e. The second-order valence-electron chi connectivity index (χ2n) is 7.61. The molecule has 0 atom stereocenters. The predicted molar refractivity (Wildman–Crippen MR) is 143 cm³/mol. The molecule has 4 rings (SSSR count). The van der Waals surface area contributed by atoms with Crippen molar-refractivity contribution in [3.05, 3.63) is 136 Å². The first kappa shape index (κ1) is 23.3. The molecule has 1 N–H and O–H groups in total. The van der Waals surface area contributed by atoms with Crippen molar-refractivity contribution in [2.75, 3.05) is 0 Å². The molecule has 0 aliphatic heterocycles. The molecule has 0 saturated carbocycles. The van der Waals surface area contributed by atoms with Crippen LogP contribution in [0.4, 0.5) is 0 Å². The fourth-order valence-electron chi connectivity index (χ4n) is 3.93. The highest BCUT2D eigenvalue weighted by molar-refractivity contribution is 7.99. The molecular weight excluding hydrogens is 468 g/mol. The Labute approximate surface area is 205 Å². The molecule has 0 saturated heterocycles.